The molecule has 1 saturated carbocycles. The van der Waals surface area contributed by atoms with Crippen molar-refractivity contribution in [3.8, 4) is 0 Å². The predicted molar refractivity (Wildman–Crippen MR) is 50.6 cm³/mol. The Balaban J connectivity index is 2.47. The topological polar surface area (TPSA) is 66.7 Å². The molecule has 0 atom stereocenters. The van der Waals surface area contributed by atoms with E-state index in [1.807, 2.05) is 0 Å². The van der Waals surface area contributed by atoms with Crippen LogP contribution in [0.4, 0.5) is 0 Å². The number of carboxylic acid groups (broad SMARTS) is 1. The lowest BCUT2D eigenvalue weighted by Crippen LogP contribution is -2.21. The molecule has 0 aromatic heterocycles. The molecule has 1 aliphatic rings. The molecule has 0 heterocycles. The Kier molecular flexibility index (Phi) is 3.60. The molecule has 0 aromatic carbocycles. The zero-order valence-electron chi connectivity index (χ0n) is 7.90. The van der Waals surface area contributed by atoms with Crippen LogP contribution in [-0.2, 0) is 9.59 Å². The van der Waals surface area contributed by atoms with E-state index in [0.717, 1.165) is 25.7 Å². The number of carboxylic acids is 1. The minimum absolute atomic E-state index is 0.0327. The second-order valence-corrected chi connectivity index (χ2v) is 3.56. The first-order chi connectivity index (χ1) is 6.65. The number of isocyanates is 1. The maximum absolute atomic E-state index is 10.6. The number of hydrogen-bond acceptors (Lipinski definition) is 3. The maximum atomic E-state index is 10.6. The van der Waals surface area contributed by atoms with Gasteiger partial charge in [0.2, 0.25) is 6.08 Å². The average Bonchev–Trinajstić information content (AvgIpc) is 2.18. The lowest BCUT2D eigenvalue weighted by Gasteiger charge is -2.25. The van der Waals surface area contributed by atoms with Gasteiger partial charge in [-0.05, 0) is 31.6 Å². The number of nitrogens with zero attached hydrogens (tertiary/aromatic N) is 1. The molecule has 1 aliphatic carbocycles. The Bertz CT molecular complexity index is 284. The number of carbonyl (C=O) groups excluding carboxylic acids is 1. The van der Waals surface area contributed by atoms with Gasteiger partial charge in [0, 0.05) is 5.57 Å². The van der Waals surface area contributed by atoms with E-state index < -0.39 is 5.97 Å². The highest BCUT2D eigenvalue weighted by Gasteiger charge is 2.25. The zero-order chi connectivity index (χ0) is 10.6. The van der Waals surface area contributed by atoms with Crippen LogP contribution in [0, 0.1) is 5.92 Å². The van der Waals surface area contributed by atoms with Gasteiger partial charge in [-0.2, -0.15) is 0 Å². The highest BCUT2D eigenvalue weighted by Crippen LogP contribution is 2.30. The smallest absolute Gasteiger partial charge is 0.331 e. The fourth-order valence-electron chi connectivity index (χ4n) is 1.80. The Morgan fingerprint density at radius 1 is 1.36 bits per heavy atom. The van der Waals surface area contributed by atoms with Crippen LogP contribution < -0.4 is 0 Å². The second-order valence-electron chi connectivity index (χ2n) is 3.56. The monoisotopic (exact) mass is 195 g/mol. The maximum Gasteiger partial charge on any atom is 0.331 e. The third-order valence-corrected chi connectivity index (χ3v) is 2.70. The molecule has 0 aliphatic heterocycles. The summed E-state index contributed by atoms with van der Waals surface area (Å²) in [5.74, 6) is -0.877. The van der Waals surface area contributed by atoms with Gasteiger partial charge in [0.25, 0.3) is 0 Å². The van der Waals surface area contributed by atoms with Crippen molar-refractivity contribution in [2.75, 3.05) is 0 Å². The van der Waals surface area contributed by atoms with Crippen LogP contribution in [0.1, 0.15) is 25.7 Å². The SMILES string of the molecule is C=C(C(=O)O)C1CCC(N=C=O)CC1. The van der Waals surface area contributed by atoms with Gasteiger partial charge in [0.05, 0.1) is 6.04 Å². The summed E-state index contributed by atoms with van der Waals surface area (Å²) in [5, 5.41) is 8.72. The molecule has 4 nitrogen and oxygen atoms in total. The summed E-state index contributed by atoms with van der Waals surface area (Å²) >= 11 is 0. The molecular formula is C10H13NO3. The van der Waals surface area contributed by atoms with Gasteiger partial charge < -0.3 is 5.11 Å². The van der Waals surface area contributed by atoms with Crippen molar-refractivity contribution < 1.29 is 14.7 Å². The van der Waals surface area contributed by atoms with Crippen molar-refractivity contribution >= 4 is 12.0 Å². The molecule has 0 aromatic rings. The molecule has 1 rings (SSSR count). The molecule has 4 heteroatoms. The minimum Gasteiger partial charge on any atom is -0.478 e. The number of aliphatic carboxylic acids is 1. The van der Waals surface area contributed by atoms with E-state index in [0.29, 0.717) is 0 Å². The summed E-state index contributed by atoms with van der Waals surface area (Å²) in [7, 11) is 0. The van der Waals surface area contributed by atoms with Gasteiger partial charge >= 0.3 is 5.97 Å². The molecule has 0 bridgehead atoms. The molecule has 14 heavy (non-hydrogen) atoms. The Hall–Kier alpha value is -1.41. The summed E-state index contributed by atoms with van der Waals surface area (Å²) in [6, 6.07) is 0.0327. The van der Waals surface area contributed by atoms with Crippen LogP contribution in [-0.4, -0.2) is 23.2 Å². The van der Waals surface area contributed by atoms with E-state index in [1.165, 1.54) is 0 Å². The van der Waals surface area contributed by atoms with Crippen molar-refractivity contribution in [2.24, 2.45) is 10.9 Å². The summed E-state index contributed by atoms with van der Waals surface area (Å²) in [6.07, 6.45) is 4.55. The molecule has 0 radical (unpaired) electrons. The molecule has 0 spiro atoms. The van der Waals surface area contributed by atoms with Gasteiger partial charge in [-0.3, -0.25) is 0 Å². The molecule has 1 fully saturated rings. The number of aliphatic imine (C=N–C) groups is 1. The van der Waals surface area contributed by atoms with Crippen molar-refractivity contribution in [1.29, 1.82) is 0 Å². The van der Waals surface area contributed by atoms with Gasteiger partial charge in [-0.25, -0.2) is 14.6 Å². The van der Waals surface area contributed by atoms with Crippen LogP contribution in [0.2, 0.25) is 0 Å². The second kappa shape index (κ2) is 4.72. The van der Waals surface area contributed by atoms with Crippen molar-refractivity contribution in [3.63, 3.8) is 0 Å². The first kappa shape index (κ1) is 10.7. The van der Waals surface area contributed by atoms with Crippen molar-refractivity contribution in [3.05, 3.63) is 12.2 Å². The zero-order valence-corrected chi connectivity index (χ0v) is 7.90. The summed E-state index contributed by atoms with van der Waals surface area (Å²) in [4.78, 5) is 24.3. The van der Waals surface area contributed by atoms with Gasteiger partial charge in [0.1, 0.15) is 0 Å². The highest BCUT2D eigenvalue weighted by molar-refractivity contribution is 5.86. The van der Waals surface area contributed by atoms with Gasteiger partial charge in [0.15, 0.2) is 0 Å². The fraction of sp³-hybridized carbons (Fsp3) is 0.600. The summed E-state index contributed by atoms with van der Waals surface area (Å²) in [5.41, 5.74) is 0.276. The van der Waals surface area contributed by atoms with E-state index in [-0.39, 0.29) is 17.5 Å². The Morgan fingerprint density at radius 2 is 1.93 bits per heavy atom. The summed E-state index contributed by atoms with van der Waals surface area (Å²) < 4.78 is 0. The lowest BCUT2D eigenvalue weighted by molar-refractivity contribution is -0.133. The molecule has 76 valence electrons. The predicted octanol–water partition coefficient (Wildman–Crippen LogP) is 1.52. The molecule has 0 amide bonds. The lowest BCUT2D eigenvalue weighted by atomic mass is 9.82. The molecule has 1 N–H and O–H groups in total. The number of hydrogen-bond donors (Lipinski definition) is 1. The molecular weight excluding hydrogens is 182 g/mol. The normalized spacial score (nSPS) is 26.3. The highest BCUT2D eigenvalue weighted by atomic mass is 16.4. The van der Waals surface area contributed by atoms with Crippen LogP contribution in [0.25, 0.3) is 0 Å². The van der Waals surface area contributed by atoms with Crippen molar-refractivity contribution in [2.45, 2.75) is 31.7 Å². The van der Waals surface area contributed by atoms with E-state index in [9.17, 15) is 9.59 Å². The van der Waals surface area contributed by atoms with Crippen molar-refractivity contribution in [1.82, 2.24) is 0 Å². The van der Waals surface area contributed by atoms with Gasteiger partial charge in [-0.15, -0.1) is 0 Å². The number of carbonyl (C=O) groups is 1. The number of rotatable bonds is 3. The van der Waals surface area contributed by atoms with E-state index in [2.05, 4.69) is 11.6 Å². The minimum atomic E-state index is -0.924. The first-order valence-corrected chi connectivity index (χ1v) is 4.64. The Labute approximate surface area is 82.3 Å². The van der Waals surface area contributed by atoms with Crippen LogP contribution >= 0.6 is 0 Å². The molecule has 0 unspecified atom stereocenters. The average molecular weight is 195 g/mol. The summed E-state index contributed by atoms with van der Waals surface area (Å²) in [6.45, 7) is 3.54. The van der Waals surface area contributed by atoms with Crippen LogP contribution in [0.15, 0.2) is 17.1 Å². The fourth-order valence-corrected chi connectivity index (χ4v) is 1.80. The van der Waals surface area contributed by atoms with E-state index >= 15 is 0 Å². The van der Waals surface area contributed by atoms with E-state index in [1.54, 1.807) is 6.08 Å². The quantitative estimate of drug-likeness (QED) is 0.422. The third kappa shape index (κ3) is 2.54. The van der Waals surface area contributed by atoms with E-state index in [4.69, 9.17) is 5.11 Å². The van der Waals surface area contributed by atoms with Gasteiger partial charge in [-0.1, -0.05) is 6.58 Å². The van der Waals surface area contributed by atoms with Crippen LogP contribution in [0.3, 0.4) is 0 Å². The van der Waals surface area contributed by atoms with Crippen LogP contribution in [0.5, 0.6) is 0 Å². The molecule has 0 saturated heterocycles. The standard InChI is InChI=1S/C10H13NO3/c1-7(10(13)14)8-2-4-9(5-3-8)11-6-12/h8-9H,1-5H2,(H,13,14). The first-order valence-electron chi connectivity index (χ1n) is 4.64. The Morgan fingerprint density at radius 3 is 2.36 bits per heavy atom. The third-order valence-electron chi connectivity index (χ3n) is 2.70. The largest absolute Gasteiger partial charge is 0.478 e.